The molecular weight excluding hydrogens is 246 g/mol. The van der Waals surface area contributed by atoms with E-state index in [-0.39, 0.29) is 11.3 Å². The molecule has 1 amide bonds. The minimum absolute atomic E-state index is 0.209. The summed E-state index contributed by atoms with van der Waals surface area (Å²) in [6.45, 7) is 3.00. The molecule has 0 aromatic carbocycles. The molecule has 0 aliphatic heterocycles. The summed E-state index contributed by atoms with van der Waals surface area (Å²) in [6.07, 6.45) is 11.6. The smallest absolute Gasteiger partial charge is 0.220 e. The molecule has 0 heterocycles. The maximum atomic E-state index is 11.6. The second kappa shape index (κ2) is 9.66. The topological polar surface area (TPSA) is 29.1 Å². The van der Waals surface area contributed by atoms with E-state index in [2.05, 4.69) is 12.2 Å². The zero-order valence-electron chi connectivity index (χ0n) is 11.7. The van der Waals surface area contributed by atoms with Crippen LogP contribution in [0.5, 0.6) is 0 Å². The summed E-state index contributed by atoms with van der Waals surface area (Å²) in [5.74, 6) is 0.710. The van der Waals surface area contributed by atoms with E-state index in [1.54, 1.807) is 0 Å². The molecule has 0 aromatic rings. The molecule has 2 unspecified atom stereocenters. The van der Waals surface area contributed by atoms with Gasteiger partial charge in [-0.25, -0.2) is 0 Å². The molecule has 18 heavy (non-hydrogen) atoms. The molecule has 2 nitrogen and oxygen atoms in total. The van der Waals surface area contributed by atoms with Crippen molar-refractivity contribution < 1.29 is 4.79 Å². The van der Waals surface area contributed by atoms with Crippen molar-refractivity contribution >= 4 is 17.5 Å². The summed E-state index contributed by atoms with van der Waals surface area (Å²) in [7, 11) is 0. The molecule has 1 saturated carbocycles. The van der Waals surface area contributed by atoms with Crippen LogP contribution in [0.4, 0.5) is 0 Å². The van der Waals surface area contributed by atoms with Crippen LogP contribution in [0.3, 0.4) is 0 Å². The lowest BCUT2D eigenvalue weighted by atomic mass is 10.1. The molecule has 1 N–H and O–H groups in total. The molecule has 0 bridgehead atoms. The molecule has 106 valence electrons. The van der Waals surface area contributed by atoms with Crippen LogP contribution in [0.2, 0.25) is 0 Å². The van der Waals surface area contributed by atoms with Crippen molar-refractivity contribution in [3.8, 4) is 0 Å². The number of amides is 1. The number of hydrogen-bond acceptors (Lipinski definition) is 1. The van der Waals surface area contributed by atoms with E-state index in [4.69, 9.17) is 11.6 Å². The largest absolute Gasteiger partial charge is 0.356 e. The summed E-state index contributed by atoms with van der Waals surface area (Å²) in [5.41, 5.74) is 0. The molecule has 3 heteroatoms. The quantitative estimate of drug-likeness (QED) is 0.494. The summed E-state index contributed by atoms with van der Waals surface area (Å²) in [5, 5.41) is 3.31. The van der Waals surface area contributed by atoms with E-state index in [1.807, 2.05) is 0 Å². The SMILES string of the molecule is CCCCCCCCC(=O)NCC1CCCC1Cl. The van der Waals surface area contributed by atoms with Crippen molar-refractivity contribution in [3.05, 3.63) is 0 Å². The lowest BCUT2D eigenvalue weighted by molar-refractivity contribution is -0.121. The lowest BCUT2D eigenvalue weighted by Crippen LogP contribution is -2.30. The highest BCUT2D eigenvalue weighted by atomic mass is 35.5. The van der Waals surface area contributed by atoms with Gasteiger partial charge in [0.15, 0.2) is 0 Å². The number of rotatable bonds is 9. The van der Waals surface area contributed by atoms with Crippen LogP contribution in [0.25, 0.3) is 0 Å². The van der Waals surface area contributed by atoms with Crippen LogP contribution in [0, 0.1) is 5.92 Å². The fourth-order valence-electron chi connectivity index (χ4n) is 2.62. The predicted molar refractivity (Wildman–Crippen MR) is 78.0 cm³/mol. The van der Waals surface area contributed by atoms with Crippen molar-refractivity contribution in [3.63, 3.8) is 0 Å². The Morgan fingerprint density at radius 3 is 2.56 bits per heavy atom. The number of halogens is 1. The van der Waals surface area contributed by atoms with Crippen molar-refractivity contribution in [1.29, 1.82) is 0 Å². The maximum absolute atomic E-state index is 11.6. The molecule has 0 radical (unpaired) electrons. The molecule has 1 rings (SSSR count). The Hall–Kier alpha value is -0.240. The van der Waals surface area contributed by atoms with Crippen molar-refractivity contribution in [2.75, 3.05) is 6.54 Å². The highest BCUT2D eigenvalue weighted by molar-refractivity contribution is 6.20. The summed E-state index contributed by atoms with van der Waals surface area (Å²) in [6, 6.07) is 0. The van der Waals surface area contributed by atoms with Crippen LogP contribution in [0.1, 0.15) is 71.1 Å². The Morgan fingerprint density at radius 2 is 1.89 bits per heavy atom. The summed E-state index contributed by atoms with van der Waals surface area (Å²) < 4.78 is 0. The van der Waals surface area contributed by atoms with Gasteiger partial charge < -0.3 is 5.32 Å². The second-order valence-corrected chi connectivity index (χ2v) is 6.09. The van der Waals surface area contributed by atoms with Crippen LogP contribution >= 0.6 is 11.6 Å². The third-order valence-electron chi connectivity index (χ3n) is 3.89. The summed E-state index contributed by atoms with van der Waals surface area (Å²) in [4.78, 5) is 11.6. The van der Waals surface area contributed by atoms with E-state index in [0.29, 0.717) is 12.3 Å². The minimum Gasteiger partial charge on any atom is -0.356 e. The van der Waals surface area contributed by atoms with Crippen molar-refractivity contribution in [1.82, 2.24) is 5.32 Å². The van der Waals surface area contributed by atoms with Gasteiger partial charge in [-0.05, 0) is 25.2 Å². The van der Waals surface area contributed by atoms with Crippen LogP contribution in [-0.2, 0) is 4.79 Å². The molecular formula is C15H28ClNO. The van der Waals surface area contributed by atoms with Gasteiger partial charge in [-0.3, -0.25) is 4.79 Å². The van der Waals surface area contributed by atoms with Gasteiger partial charge in [-0.1, -0.05) is 45.4 Å². The number of nitrogens with one attached hydrogen (secondary N) is 1. The minimum atomic E-state index is 0.209. The highest BCUT2D eigenvalue weighted by Crippen LogP contribution is 2.29. The summed E-state index contributed by atoms with van der Waals surface area (Å²) >= 11 is 6.19. The zero-order chi connectivity index (χ0) is 13.2. The van der Waals surface area contributed by atoms with Crippen LogP contribution in [-0.4, -0.2) is 17.8 Å². The maximum Gasteiger partial charge on any atom is 0.220 e. The van der Waals surface area contributed by atoms with Gasteiger partial charge >= 0.3 is 0 Å². The molecule has 1 fully saturated rings. The van der Waals surface area contributed by atoms with Gasteiger partial charge in [0.05, 0.1) is 0 Å². The van der Waals surface area contributed by atoms with E-state index in [0.717, 1.165) is 19.4 Å². The first kappa shape index (κ1) is 15.8. The molecule has 0 saturated heterocycles. The van der Waals surface area contributed by atoms with Crippen molar-refractivity contribution in [2.45, 2.75) is 76.5 Å². The van der Waals surface area contributed by atoms with E-state index < -0.39 is 0 Å². The van der Waals surface area contributed by atoms with E-state index in [1.165, 1.54) is 44.9 Å². The number of carbonyl (C=O) groups excluding carboxylic acids is 1. The average molecular weight is 274 g/mol. The lowest BCUT2D eigenvalue weighted by Gasteiger charge is -2.14. The highest BCUT2D eigenvalue weighted by Gasteiger charge is 2.25. The van der Waals surface area contributed by atoms with Gasteiger partial charge in [0.2, 0.25) is 5.91 Å². The monoisotopic (exact) mass is 273 g/mol. The Bertz CT molecular complexity index is 233. The van der Waals surface area contributed by atoms with Gasteiger partial charge in [0, 0.05) is 18.3 Å². The standard InChI is InChI=1S/C15H28ClNO/c1-2-3-4-5-6-7-11-15(18)17-12-13-9-8-10-14(13)16/h13-14H,2-12H2,1H3,(H,17,18). The fraction of sp³-hybridized carbons (Fsp3) is 0.933. The third-order valence-corrected chi connectivity index (χ3v) is 4.46. The Kier molecular flexibility index (Phi) is 8.49. The number of unbranched alkanes of at least 4 members (excludes halogenated alkanes) is 5. The first-order chi connectivity index (χ1) is 8.74. The van der Waals surface area contributed by atoms with Gasteiger partial charge in [-0.2, -0.15) is 0 Å². The molecule has 1 aliphatic rings. The Balaban J connectivity index is 1.94. The zero-order valence-corrected chi connectivity index (χ0v) is 12.5. The second-order valence-electron chi connectivity index (χ2n) is 5.53. The number of alkyl halides is 1. The third kappa shape index (κ3) is 6.63. The number of hydrogen-bond donors (Lipinski definition) is 1. The molecule has 0 aromatic heterocycles. The first-order valence-corrected chi connectivity index (χ1v) is 8.08. The van der Waals surface area contributed by atoms with Gasteiger partial charge in [0.1, 0.15) is 0 Å². The Morgan fingerprint density at radius 1 is 1.17 bits per heavy atom. The molecule has 0 spiro atoms. The normalized spacial score (nSPS) is 23.2. The first-order valence-electron chi connectivity index (χ1n) is 7.64. The van der Waals surface area contributed by atoms with Crippen LogP contribution in [0.15, 0.2) is 0 Å². The predicted octanol–water partition coefficient (Wildman–Crippen LogP) is 4.26. The number of carbonyl (C=O) groups is 1. The average Bonchev–Trinajstić information content (AvgIpc) is 2.77. The molecule has 2 atom stereocenters. The van der Waals surface area contributed by atoms with Gasteiger partial charge in [-0.15, -0.1) is 11.6 Å². The Labute approximate surface area is 117 Å². The van der Waals surface area contributed by atoms with Gasteiger partial charge in [0.25, 0.3) is 0 Å². The van der Waals surface area contributed by atoms with E-state index >= 15 is 0 Å². The van der Waals surface area contributed by atoms with Crippen LogP contribution < -0.4 is 5.32 Å². The fourth-order valence-corrected chi connectivity index (χ4v) is 2.99. The molecule has 1 aliphatic carbocycles. The van der Waals surface area contributed by atoms with Crippen molar-refractivity contribution in [2.24, 2.45) is 5.92 Å². The van der Waals surface area contributed by atoms with E-state index in [9.17, 15) is 4.79 Å².